The molecule has 1 aromatic heterocycles. The predicted octanol–water partition coefficient (Wildman–Crippen LogP) is 1.96. The highest BCUT2D eigenvalue weighted by molar-refractivity contribution is 7.99. The second-order valence-electron chi connectivity index (χ2n) is 4.79. The highest BCUT2D eigenvalue weighted by Crippen LogP contribution is 2.19. The van der Waals surface area contributed by atoms with Crippen LogP contribution in [0.3, 0.4) is 0 Å². The van der Waals surface area contributed by atoms with Gasteiger partial charge in [-0.15, -0.1) is 0 Å². The quantitative estimate of drug-likeness (QED) is 0.574. The van der Waals surface area contributed by atoms with E-state index in [-0.39, 0.29) is 5.91 Å². The van der Waals surface area contributed by atoms with Gasteiger partial charge in [0.25, 0.3) is 0 Å². The van der Waals surface area contributed by atoms with E-state index in [9.17, 15) is 4.79 Å². The molecule has 7 heteroatoms. The van der Waals surface area contributed by atoms with E-state index in [0.717, 1.165) is 27.8 Å². The van der Waals surface area contributed by atoms with Gasteiger partial charge in [-0.3, -0.25) is 9.89 Å². The maximum Gasteiger partial charge on any atom is 0.220 e. The van der Waals surface area contributed by atoms with Gasteiger partial charge in [0.2, 0.25) is 5.91 Å². The molecule has 0 spiro atoms. The number of carbonyl (C=O) groups excluding carboxylic acids is 1. The SMILES string of the molecule is COc1cc(CCC(=O)NCCSc2ncn[nH]2)ccc1C. The molecule has 2 aromatic rings. The summed E-state index contributed by atoms with van der Waals surface area (Å²) in [7, 11) is 1.66. The number of thioether (sulfide) groups is 1. The van der Waals surface area contributed by atoms with Gasteiger partial charge < -0.3 is 10.1 Å². The highest BCUT2D eigenvalue weighted by atomic mass is 32.2. The number of hydrogen-bond donors (Lipinski definition) is 2. The van der Waals surface area contributed by atoms with E-state index in [1.54, 1.807) is 7.11 Å². The Labute approximate surface area is 134 Å². The summed E-state index contributed by atoms with van der Waals surface area (Å²) < 4.78 is 5.29. The number of H-pyrrole nitrogens is 1. The molecule has 0 atom stereocenters. The Hall–Kier alpha value is -2.02. The van der Waals surface area contributed by atoms with Gasteiger partial charge in [0, 0.05) is 18.7 Å². The van der Waals surface area contributed by atoms with Gasteiger partial charge in [-0.2, -0.15) is 5.10 Å². The lowest BCUT2D eigenvalue weighted by molar-refractivity contribution is -0.120. The zero-order valence-electron chi connectivity index (χ0n) is 12.8. The van der Waals surface area contributed by atoms with Gasteiger partial charge in [0.1, 0.15) is 12.1 Å². The van der Waals surface area contributed by atoms with Gasteiger partial charge in [0.05, 0.1) is 7.11 Å². The molecule has 0 saturated carbocycles. The van der Waals surface area contributed by atoms with Crippen LogP contribution < -0.4 is 10.1 Å². The van der Waals surface area contributed by atoms with Crippen molar-refractivity contribution in [1.82, 2.24) is 20.5 Å². The first-order valence-electron chi connectivity index (χ1n) is 7.07. The van der Waals surface area contributed by atoms with Gasteiger partial charge in [-0.25, -0.2) is 4.98 Å². The predicted molar refractivity (Wildman–Crippen MR) is 86.2 cm³/mol. The number of nitrogens with one attached hydrogen (secondary N) is 2. The van der Waals surface area contributed by atoms with Crippen LogP contribution in [-0.2, 0) is 11.2 Å². The Bertz CT molecular complexity index is 602. The van der Waals surface area contributed by atoms with Gasteiger partial charge >= 0.3 is 0 Å². The Morgan fingerprint density at radius 1 is 1.45 bits per heavy atom. The Balaban J connectivity index is 1.67. The van der Waals surface area contributed by atoms with Crippen LogP contribution in [0.1, 0.15) is 17.5 Å². The normalized spacial score (nSPS) is 10.5. The zero-order valence-corrected chi connectivity index (χ0v) is 13.6. The summed E-state index contributed by atoms with van der Waals surface area (Å²) in [4.78, 5) is 15.8. The van der Waals surface area contributed by atoms with E-state index < -0.39 is 0 Å². The monoisotopic (exact) mass is 320 g/mol. The molecular formula is C15H20N4O2S. The van der Waals surface area contributed by atoms with Crippen molar-refractivity contribution in [2.75, 3.05) is 19.4 Å². The zero-order chi connectivity index (χ0) is 15.8. The standard InChI is InChI=1S/C15H20N4O2S/c1-11-3-4-12(9-13(11)21-2)5-6-14(20)16-7-8-22-15-17-10-18-19-15/h3-4,9-10H,5-8H2,1-2H3,(H,16,20)(H,17,18,19). The van der Waals surface area contributed by atoms with Crippen molar-refractivity contribution in [3.05, 3.63) is 35.7 Å². The fourth-order valence-electron chi connectivity index (χ4n) is 1.97. The van der Waals surface area contributed by atoms with Crippen LogP contribution in [0.5, 0.6) is 5.75 Å². The Morgan fingerprint density at radius 3 is 3.05 bits per heavy atom. The molecule has 1 heterocycles. The van der Waals surface area contributed by atoms with Crippen molar-refractivity contribution in [2.45, 2.75) is 24.9 Å². The third-order valence-electron chi connectivity index (χ3n) is 3.17. The molecule has 0 bridgehead atoms. The number of rotatable bonds is 8. The summed E-state index contributed by atoms with van der Waals surface area (Å²) in [6.07, 6.45) is 2.65. The Kier molecular flexibility index (Phi) is 6.27. The van der Waals surface area contributed by atoms with E-state index in [4.69, 9.17) is 4.74 Å². The van der Waals surface area contributed by atoms with E-state index in [1.165, 1.54) is 18.1 Å². The molecule has 0 radical (unpaired) electrons. The second-order valence-corrected chi connectivity index (χ2v) is 5.88. The smallest absolute Gasteiger partial charge is 0.220 e. The minimum absolute atomic E-state index is 0.0534. The average Bonchev–Trinajstić information content (AvgIpc) is 3.04. The fraction of sp³-hybridized carbons (Fsp3) is 0.400. The van der Waals surface area contributed by atoms with E-state index in [1.807, 2.05) is 25.1 Å². The topological polar surface area (TPSA) is 79.9 Å². The summed E-state index contributed by atoms with van der Waals surface area (Å²) in [5.74, 6) is 1.68. The number of aromatic nitrogens is 3. The molecule has 0 saturated heterocycles. The third kappa shape index (κ3) is 5.07. The summed E-state index contributed by atoms with van der Waals surface area (Å²) in [5.41, 5.74) is 2.20. The largest absolute Gasteiger partial charge is 0.496 e. The summed E-state index contributed by atoms with van der Waals surface area (Å²) in [6, 6.07) is 6.04. The van der Waals surface area contributed by atoms with Crippen molar-refractivity contribution in [1.29, 1.82) is 0 Å². The van der Waals surface area contributed by atoms with Crippen LogP contribution in [0.4, 0.5) is 0 Å². The maximum absolute atomic E-state index is 11.8. The molecular weight excluding hydrogens is 300 g/mol. The molecule has 118 valence electrons. The van der Waals surface area contributed by atoms with Crippen molar-refractivity contribution >= 4 is 17.7 Å². The van der Waals surface area contributed by atoms with Gasteiger partial charge in [0.15, 0.2) is 5.16 Å². The number of hydrogen-bond acceptors (Lipinski definition) is 5. The minimum Gasteiger partial charge on any atom is -0.496 e. The van der Waals surface area contributed by atoms with E-state index >= 15 is 0 Å². The first kappa shape index (κ1) is 16.4. The third-order valence-corrected chi connectivity index (χ3v) is 4.05. The number of ether oxygens (including phenoxy) is 1. The lowest BCUT2D eigenvalue weighted by Crippen LogP contribution is -2.25. The summed E-state index contributed by atoms with van der Waals surface area (Å²) >= 11 is 1.53. The van der Waals surface area contributed by atoms with E-state index in [0.29, 0.717) is 19.4 Å². The lowest BCUT2D eigenvalue weighted by Gasteiger charge is -2.08. The molecule has 0 aliphatic heterocycles. The molecule has 1 aromatic carbocycles. The van der Waals surface area contributed by atoms with Crippen molar-refractivity contribution in [3.63, 3.8) is 0 Å². The van der Waals surface area contributed by atoms with Crippen molar-refractivity contribution in [3.8, 4) is 5.75 Å². The fourth-order valence-corrected chi connectivity index (χ4v) is 2.60. The highest BCUT2D eigenvalue weighted by Gasteiger charge is 2.05. The molecule has 0 aliphatic rings. The van der Waals surface area contributed by atoms with E-state index in [2.05, 4.69) is 20.5 Å². The molecule has 2 N–H and O–H groups in total. The first-order valence-corrected chi connectivity index (χ1v) is 8.06. The number of benzene rings is 1. The van der Waals surface area contributed by atoms with Crippen LogP contribution in [0.2, 0.25) is 0 Å². The molecule has 1 amide bonds. The number of aryl methyl sites for hydroxylation is 2. The summed E-state index contributed by atoms with van der Waals surface area (Å²) in [6.45, 7) is 2.61. The van der Waals surface area contributed by atoms with Gasteiger partial charge in [-0.05, 0) is 30.5 Å². The number of carbonyl (C=O) groups is 1. The van der Waals surface area contributed by atoms with Gasteiger partial charge in [-0.1, -0.05) is 23.9 Å². The molecule has 0 fully saturated rings. The molecule has 22 heavy (non-hydrogen) atoms. The number of methoxy groups -OCH3 is 1. The first-order chi connectivity index (χ1) is 10.7. The number of nitrogens with zero attached hydrogens (tertiary/aromatic N) is 2. The van der Waals surface area contributed by atoms with Crippen LogP contribution in [-0.4, -0.2) is 40.5 Å². The van der Waals surface area contributed by atoms with Crippen molar-refractivity contribution < 1.29 is 9.53 Å². The summed E-state index contributed by atoms with van der Waals surface area (Å²) in [5, 5.41) is 10.2. The van der Waals surface area contributed by atoms with Crippen LogP contribution in [0.25, 0.3) is 0 Å². The molecule has 0 aliphatic carbocycles. The Morgan fingerprint density at radius 2 is 2.32 bits per heavy atom. The van der Waals surface area contributed by atoms with Crippen LogP contribution >= 0.6 is 11.8 Å². The average molecular weight is 320 g/mol. The number of amides is 1. The van der Waals surface area contributed by atoms with Crippen LogP contribution in [0.15, 0.2) is 29.7 Å². The lowest BCUT2D eigenvalue weighted by atomic mass is 10.1. The number of aromatic amines is 1. The minimum atomic E-state index is 0.0534. The maximum atomic E-state index is 11.8. The molecule has 6 nitrogen and oxygen atoms in total. The molecule has 2 rings (SSSR count). The van der Waals surface area contributed by atoms with Crippen LogP contribution in [0, 0.1) is 6.92 Å². The molecule has 0 unspecified atom stereocenters. The second kappa shape index (κ2) is 8.43. The van der Waals surface area contributed by atoms with Crippen molar-refractivity contribution in [2.24, 2.45) is 0 Å².